The molecule has 0 spiro atoms. The lowest BCUT2D eigenvalue weighted by molar-refractivity contribution is 0.325. The Kier molecular flexibility index (Phi) is 3.15. The molecule has 1 aliphatic rings. The van der Waals surface area contributed by atoms with Crippen LogP contribution in [0, 0.1) is 0 Å². The topological polar surface area (TPSA) is 30.5 Å². The average molecular weight is 241 g/mol. The van der Waals surface area contributed by atoms with E-state index < -0.39 is 0 Å². The molecule has 0 bridgehead atoms. The molecule has 3 heteroatoms. The lowest BCUT2D eigenvalue weighted by atomic mass is 10.2. The quantitative estimate of drug-likeness (QED) is 0.876. The zero-order chi connectivity index (χ0) is 12.2. The van der Waals surface area contributed by atoms with Crippen molar-refractivity contribution < 1.29 is 9.47 Å². The second-order valence-electron chi connectivity index (χ2n) is 4.21. The normalized spacial score (nSPS) is 14.2. The first-order valence-corrected chi connectivity index (χ1v) is 6.11. The van der Waals surface area contributed by atoms with Gasteiger partial charge in [-0.3, -0.25) is 0 Å². The van der Waals surface area contributed by atoms with Crippen molar-refractivity contribution in [1.29, 1.82) is 0 Å². The van der Waals surface area contributed by atoms with Gasteiger partial charge in [-0.15, -0.1) is 0 Å². The highest BCUT2D eigenvalue weighted by Crippen LogP contribution is 2.28. The van der Waals surface area contributed by atoms with Gasteiger partial charge in [0, 0.05) is 18.7 Å². The minimum Gasteiger partial charge on any atom is -0.492 e. The molecule has 0 aliphatic carbocycles. The molecule has 1 N–H and O–H groups in total. The fourth-order valence-electron chi connectivity index (χ4n) is 1.98. The summed E-state index contributed by atoms with van der Waals surface area (Å²) < 4.78 is 11.4. The summed E-state index contributed by atoms with van der Waals surface area (Å²) in [5, 5.41) is 3.31. The van der Waals surface area contributed by atoms with Crippen LogP contribution >= 0.6 is 0 Å². The lowest BCUT2D eigenvalue weighted by Gasteiger charge is -2.10. The van der Waals surface area contributed by atoms with Crippen molar-refractivity contribution in [2.75, 3.05) is 13.2 Å². The smallest absolute Gasteiger partial charge is 0.128 e. The van der Waals surface area contributed by atoms with Crippen LogP contribution in [-0.4, -0.2) is 13.2 Å². The van der Waals surface area contributed by atoms with Gasteiger partial charge in [-0.1, -0.05) is 18.2 Å². The first-order valence-electron chi connectivity index (χ1n) is 6.11. The molecule has 0 unspecified atom stereocenters. The van der Waals surface area contributed by atoms with Gasteiger partial charge < -0.3 is 14.8 Å². The SMILES string of the molecule is c1ccc(Oc2ccc3c(c2)CNCCO3)cc1. The third-order valence-electron chi connectivity index (χ3n) is 2.86. The van der Waals surface area contributed by atoms with Gasteiger partial charge in [0.15, 0.2) is 0 Å². The van der Waals surface area contributed by atoms with Gasteiger partial charge in [0.25, 0.3) is 0 Å². The summed E-state index contributed by atoms with van der Waals surface area (Å²) >= 11 is 0. The van der Waals surface area contributed by atoms with E-state index in [2.05, 4.69) is 5.32 Å². The number of hydrogen-bond acceptors (Lipinski definition) is 3. The Bertz CT molecular complexity index is 525. The zero-order valence-corrected chi connectivity index (χ0v) is 10.1. The molecule has 2 aromatic carbocycles. The fraction of sp³-hybridized carbons (Fsp3) is 0.200. The number of rotatable bonds is 2. The third-order valence-corrected chi connectivity index (χ3v) is 2.86. The molecular formula is C15H15NO2. The Hall–Kier alpha value is -2.00. The second kappa shape index (κ2) is 5.10. The van der Waals surface area contributed by atoms with E-state index in [1.54, 1.807) is 0 Å². The summed E-state index contributed by atoms with van der Waals surface area (Å²) in [4.78, 5) is 0. The van der Waals surface area contributed by atoms with Gasteiger partial charge in [-0.2, -0.15) is 0 Å². The minimum absolute atomic E-state index is 0.714. The summed E-state index contributed by atoms with van der Waals surface area (Å²) in [5.41, 5.74) is 1.14. The Labute approximate surface area is 106 Å². The maximum Gasteiger partial charge on any atom is 0.128 e. The Balaban J connectivity index is 1.83. The monoisotopic (exact) mass is 241 g/mol. The van der Waals surface area contributed by atoms with Crippen molar-refractivity contribution >= 4 is 0 Å². The van der Waals surface area contributed by atoms with Crippen molar-refractivity contribution in [3.8, 4) is 17.2 Å². The van der Waals surface area contributed by atoms with Crippen LogP contribution < -0.4 is 14.8 Å². The van der Waals surface area contributed by atoms with Crippen LogP contribution in [0.15, 0.2) is 48.5 Å². The minimum atomic E-state index is 0.714. The largest absolute Gasteiger partial charge is 0.492 e. The molecule has 0 saturated carbocycles. The first-order chi connectivity index (χ1) is 8.92. The van der Waals surface area contributed by atoms with Gasteiger partial charge in [0.1, 0.15) is 23.9 Å². The number of hydrogen-bond donors (Lipinski definition) is 1. The highest BCUT2D eigenvalue weighted by Gasteiger charge is 2.09. The molecule has 3 nitrogen and oxygen atoms in total. The van der Waals surface area contributed by atoms with Crippen molar-refractivity contribution in [1.82, 2.24) is 5.32 Å². The van der Waals surface area contributed by atoms with E-state index in [0.29, 0.717) is 6.61 Å². The van der Waals surface area contributed by atoms with Crippen molar-refractivity contribution in [2.24, 2.45) is 0 Å². The van der Waals surface area contributed by atoms with E-state index in [4.69, 9.17) is 9.47 Å². The summed E-state index contributed by atoms with van der Waals surface area (Å²) in [6.07, 6.45) is 0. The maximum atomic E-state index is 5.80. The van der Waals surface area contributed by atoms with E-state index in [1.807, 2.05) is 48.5 Å². The van der Waals surface area contributed by atoms with Gasteiger partial charge in [0.05, 0.1) is 0 Å². The molecule has 92 valence electrons. The van der Waals surface area contributed by atoms with Crippen molar-refractivity contribution in [3.05, 3.63) is 54.1 Å². The number of para-hydroxylation sites is 1. The van der Waals surface area contributed by atoms with Crippen LogP contribution in [0.5, 0.6) is 17.2 Å². The van der Waals surface area contributed by atoms with E-state index in [0.717, 1.165) is 35.9 Å². The molecule has 0 saturated heterocycles. The molecule has 3 rings (SSSR count). The maximum absolute atomic E-state index is 5.80. The number of benzene rings is 2. The number of ether oxygens (including phenoxy) is 2. The van der Waals surface area contributed by atoms with Gasteiger partial charge in [0.2, 0.25) is 0 Å². The zero-order valence-electron chi connectivity index (χ0n) is 10.1. The van der Waals surface area contributed by atoms with Crippen LogP contribution in [0.4, 0.5) is 0 Å². The van der Waals surface area contributed by atoms with Gasteiger partial charge >= 0.3 is 0 Å². The third kappa shape index (κ3) is 2.46. The van der Waals surface area contributed by atoms with Crippen LogP contribution in [0.2, 0.25) is 0 Å². The Morgan fingerprint density at radius 1 is 1.00 bits per heavy atom. The predicted octanol–water partition coefficient (Wildman–Crippen LogP) is 2.96. The molecule has 1 heterocycles. The molecule has 0 amide bonds. The second-order valence-corrected chi connectivity index (χ2v) is 4.21. The molecule has 0 radical (unpaired) electrons. The molecule has 0 atom stereocenters. The van der Waals surface area contributed by atoms with Crippen LogP contribution in [-0.2, 0) is 6.54 Å². The standard InChI is InChI=1S/C15H15NO2/c1-2-4-13(5-3-1)18-14-6-7-15-12(10-14)11-16-8-9-17-15/h1-7,10,16H,8-9,11H2. The highest BCUT2D eigenvalue weighted by atomic mass is 16.5. The van der Waals surface area contributed by atoms with Gasteiger partial charge in [-0.05, 0) is 30.3 Å². The number of fused-ring (bicyclic) bond motifs is 1. The molecular weight excluding hydrogens is 226 g/mol. The molecule has 18 heavy (non-hydrogen) atoms. The van der Waals surface area contributed by atoms with E-state index in [1.165, 1.54) is 0 Å². The van der Waals surface area contributed by atoms with Crippen molar-refractivity contribution in [3.63, 3.8) is 0 Å². The molecule has 1 aliphatic heterocycles. The summed E-state index contributed by atoms with van der Waals surface area (Å²) in [6, 6.07) is 15.7. The van der Waals surface area contributed by atoms with Crippen LogP contribution in [0.25, 0.3) is 0 Å². The van der Waals surface area contributed by atoms with Crippen LogP contribution in [0.1, 0.15) is 5.56 Å². The van der Waals surface area contributed by atoms with Crippen LogP contribution in [0.3, 0.4) is 0 Å². The first kappa shape index (κ1) is 11.1. The average Bonchev–Trinajstić information content (AvgIpc) is 2.64. The molecule has 0 fully saturated rings. The van der Waals surface area contributed by atoms with Gasteiger partial charge in [-0.25, -0.2) is 0 Å². The highest BCUT2D eigenvalue weighted by molar-refractivity contribution is 5.42. The van der Waals surface area contributed by atoms with E-state index in [9.17, 15) is 0 Å². The molecule has 0 aromatic heterocycles. The Morgan fingerprint density at radius 3 is 2.78 bits per heavy atom. The van der Waals surface area contributed by atoms with E-state index >= 15 is 0 Å². The van der Waals surface area contributed by atoms with E-state index in [-0.39, 0.29) is 0 Å². The Morgan fingerprint density at radius 2 is 1.89 bits per heavy atom. The summed E-state index contributed by atoms with van der Waals surface area (Å²) in [7, 11) is 0. The number of nitrogens with one attached hydrogen (secondary N) is 1. The molecule has 2 aromatic rings. The predicted molar refractivity (Wildman–Crippen MR) is 70.2 cm³/mol. The lowest BCUT2D eigenvalue weighted by Crippen LogP contribution is -2.16. The summed E-state index contributed by atoms with van der Waals surface area (Å²) in [5.74, 6) is 2.63. The van der Waals surface area contributed by atoms with Crippen molar-refractivity contribution in [2.45, 2.75) is 6.54 Å². The summed E-state index contributed by atoms with van der Waals surface area (Å²) in [6.45, 7) is 2.41. The fourth-order valence-corrected chi connectivity index (χ4v) is 1.98.